The first-order valence-corrected chi connectivity index (χ1v) is 7.95. The number of benzene rings is 2. The predicted octanol–water partition coefficient (Wildman–Crippen LogP) is 5.69. The lowest BCUT2D eigenvalue weighted by atomic mass is 10.0. The lowest BCUT2D eigenvalue weighted by Gasteiger charge is -2.14. The first-order chi connectivity index (χ1) is 12.6. The Morgan fingerprint density at radius 1 is 0.889 bits per heavy atom. The highest BCUT2D eigenvalue weighted by Crippen LogP contribution is 2.38. The van der Waals surface area contributed by atoms with Crippen LogP contribution in [-0.4, -0.2) is 14.8 Å². The summed E-state index contributed by atoms with van der Waals surface area (Å²) in [5.41, 5.74) is -2.39. The molecule has 2 aromatic carbocycles. The molecule has 0 unspecified atom stereocenters. The van der Waals surface area contributed by atoms with Gasteiger partial charge in [-0.05, 0) is 36.0 Å². The standard InChI is InChI=1S/C17H11F6N3S/c18-16(19,20)12-6-11(7-13(8-12)17(21,22)23)14-24-25-15(27)26(14)9-10-4-2-1-3-5-10/h1-8H,9H2,(H,25,27). The number of halogens is 6. The molecule has 3 rings (SSSR count). The molecule has 142 valence electrons. The molecular formula is C17H11F6N3S. The van der Waals surface area contributed by atoms with Crippen molar-refractivity contribution in [2.45, 2.75) is 18.9 Å². The van der Waals surface area contributed by atoms with Gasteiger partial charge in [0.05, 0.1) is 17.7 Å². The number of nitrogens with one attached hydrogen (secondary N) is 1. The van der Waals surface area contributed by atoms with E-state index < -0.39 is 23.5 Å². The Bertz CT molecular complexity index is 970. The zero-order valence-electron chi connectivity index (χ0n) is 13.4. The molecule has 0 atom stereocenters. The van der Waals surface area contributed by atoms with Crippen LogP contribution in [0.2, 0.25) is 0 Å². The average Bonchev–Trinajstić information content (AvgIpc) is 2.95. The van der Waals surface area contributed by atoms with E-state index in [1.165, 1.54) is 4.57 Å². The molecule has 10 heteroatoms. The van der Waals surface area contributed by atoms with Gasteiger partial charge in [-0.15, -0.1) is 0 Å². The van der Waals surface area contributed by atoms with Gasteiger partial charge in [-0.3, -0.25) is 9.67 Å². The van der Waals surface area contributed by atoms with Gasteiger partial charge in [0.1, 0.15) is 0 Å². The van der Waals surface area contributed by atoms with Crippen LogP contribution in [0.4, 0.5) is 26.3 Å². The average molecular weight is 403 g/mol. The van der Waals surface area contributed by atoms with E-state index in [0.717, 1.165) is 5.56 Å². The molecule has 0 saturated heterocycles. The van der Waals surface area contributed by atoms with Crippen LogP contribution in [0.5, 0.6) is 0 Å². The first-order valence-electron chi connectivity index (χ1n) is 7.54. The van der Waals surface area contributed by atoms with Crippen LogP contribution in [-0.2, 0) is 18.9 Å². The van der Waals surface area contributed by atoms with Crippen LogP contribution in [0.25, 0.3) is 11.4 Å². The van der Waals surface area contributed by atoms with Crippen molar-refractivity contribution in [2.75, 3.05) is 0 Å². The summed E-state index contributed by atoms with van der Waals surface area (Å²) in [6.07, 6.45) is -9.87. The number of rotatable bonds is 3. The summed E-state index contributed by atoms with van der Waals surface area (Å²) in [6, 6.07) is 10.1. The fourth-order valence-electron chi connectivity index (χ4n) is 2.53. The van der Waals surface area contributed by atoms with E-state index in [-0.39, 0.29) is 28.8 Å². The van der Waals surface area contributed by atoms with Crippen molar-refractivity contribution in [3.63, 3.8) is 0 Å². The zero-order chi connectivity index (χ0) is 19.8. The second kappa shape index (κ2) is 6.84. The fraction of sp³-hybridized carbons (Fsp3) is 0.176. The third-order valence-corrected chi connectivity index (χ3v) is 4.10. The van der Waals surface area contributed by atoms with Crippen molar-refractivity contribution in [1.82, 2.24) is 14.8 Å². The first kappa shape index (κ1) is 19.2. The van der Waals surface area contributed by atoms with Crippen LogP contribution in [0, 0.1) is 4.77 Å². The van der Waals surface area contributed by atoms with Crippen molar-refractivity contribution >= 4 is 12.2 Å². The number of hydrogen-bond donors (Lipinski definition) is 1. The summed E-state index contributed by atoms with van der Waals surface area (Å²) in [7, 11) is 0. The van der Waals surface area contributed by atoms with E-state index in [2.05, 4.69) is 10.2 Å². The van der Waals surface area contributed by atoms with Gasteiger partial charge in [0.25, 0.3) is 0 Å². The Balaban J connectivity index is 2.16. The summed E-state index contributed by atoms with van der Waals surface area (Å²) >= 11 is 5.09. The Morgan fingerprint density at radius 3 is 1.96 bits per heavy atom. The van der Waals surface area contributed by atoms with Crippen LogP contribution in [0.15, 0.2) is 48.5 Å². The minimum atomic E-state index is -4.94. The number of hydrogen-bond acceptors (Lipinski definition) is 2. The van der Waals surface area contributed by atoms with Gasteiger partial charge in [0.15, 0.2) is 10.6 Å². The molecule has 3 nitrogen and oxygen atoms in total. The van der Waals surface area contributed by atoms with E-state index in [0.29, 0.717) is 12.1 Å². The molecule has 1 N–H and O–H groups in total. The Hall–Kier alpha value is -2.62. The maximum absolute atomic E-state index is 13.1. The predicted molar refractivity (Wildman–Crippen MR) is 88.4 cm³/mol. The van der Waals surface area contributed by atoms with Crippen molar-refractivity contribution < 1.29 is 26.3 Å². The lowest BCUT2D eigenvalue weighted by molar-refractivity contribution is -0.143. The van der Waals surface area contributed by atoms with Gasteiger partial charge in [-0.2, -0.15) is 31.4 Å². The minimum absolute atomic E-state index is 0.0757. The molecule has 27 heavy (non-hydrogen) atoms. The molecule has 0 aliphatic carbocycles. The van der Waals surface area contributed by atoms with Gasteiger partial charge >= 0.3 is 12.4 Å². The molecule has 0 radical (unpaired) electrons. The van der Waals surface area contributed by atoms with E-state index >= 15 is 0 Å². The van der Waals surface area contributed by atoms with E-state index in [1.54, 1.807) is 30.3 Å². The SMILES string of the molecule is FC(F)(F)c1cc(-c2n[nH]c(=S)n2Cc2ccccc2)cc(C(F)(F)F)c1. The minimum Gasteiger partial charge on any atom is -0.296 e. The van der Waals surface area contributed by atoms with Crippen LogP contribution < -0.4 is 0 Å². The lowest BCUT2D eigenvalue weighted by Crippen LogP contribution is -2.12. The number of H-pyrrole nitrogens is 1. The van der Waals surface area contributed by atoms with E-state index in [9.17, 15) is 26.3 Å². The molecule has 0 spiro atoms. The normalized spacial score (nSPS) is 12.4. The monoisotopic (exact) mass is 403 g/mol. The fourth-order valence-corrected chi connectivity index (χ4v) is 2.73. The molecule has 0 aliphatic rings. The second-order valence-corrected chi connectivity index (χ2v) is 6.11. The van der Waals surface area contributed by atoms with Gasteiger partial charge in [0, 0.05) is 5.56 Å². The number of nitrogens with zero attached hydrogens (tertiary/aromatic N) is 2. The quantitative estimate of drug-likeness (QED) is 0.450. The molecular weight excluding hydrogens is 392 g/mol. The van der Waals surface area contributed by atoms with Crippen LogP contribution in [0.3, 0.4) is 0 Å². The Labute approximate surface area is 154 Å². The second-order valence-electron chi connectivity index (χ2n) is 5.72. The van der Waals surface area contributed by atoms with Crippen molar-refractivity contribution in [1.29, 1.82) is 0 Å². The summed E-state index contributed by atoms with van der Waals surface area (Å²) < 4.78 is 79.9. The van der Waals surface area contributed by atoms with Gasteiger partial charge in [-0.1, -0.05) is 30.3 Å². The molecule has 0 bridgehead atoms. The highest BCUT2D eigenvalue weighted by molar-refractivity contribution is 7.71. The summed E-state index contributed by atoms with van der Waals surface area (Å²) in [5.74, 6) is -0.111. The van der Waals surface area contributed by atoms with Crippen molar-refractivity contribution in [3.05, 3.63) is 70.0 Å². The maximum Gasteiger partial charge on any atom is 0.416 e. The number of alkyl halides is 6. The van der Waals surface area contributed by atoms with Gasteiger partial charge in [0.2, 0.25) is 0 Å². The Morgan fingerprint density at radius 2 is 1.44 bits per heavy atom. The Kier molecular flexibility index (Phi) is 4.85. The highest BCUT2D eigenvalue weighted by atomic mass is 32.1. The maximum atomic E-state index is 13.1. The van der Waals surface area contributed by atoms with Crippen molar-refractivity contribution in [2.24, 2.45) is 0 Å². The smallest absolute Gasteiger partial charge is 0.296 e. The van der Waals surface area contributed by atoms with Gasteiger partial charge < -0.3 is 0 Å². The molecule has 0 fully saturated rings. The third-order valence-electron chi connectivity index (χ3n) is 3.79. The molecule has 1 heterocycles. The summed E-state index contributed by atoms with van der Waals surface area (Å²) in [4.78, 5) is 0. The zero-order valence-corrected chi connectivity index (χ0v) is 14.2. The summed E-state index contributed by atoms with van der Waals surface area (Å²) in [6.45, 7) is 0.142. The van der Waals surface area contributed by atoms with Crippen LogP contribution >= 0.6 is 12.2 Å². The van der Waals surface area contributed by atoms with E-state index in [4.69, 9.17) is 12.2 Å². The summed E-state index contributed by atoms with van der Waals surface area (Å²) in [5, 5.41) is 6.27. The largest absolute Gasteiger partial charge is 0.416 e. The molecule has 3 aromatic rings. The molecule has 1 aromatic heterocycles. The van der Waals surface area contributed by atoms with Crippen LogP contribution in [0.1, 0.15) is 16.7 Å². The molecule has 0 aliphatic heterocycles. The molecule has 0 saturated carbocycles. The van der Waals surface area contributed by atoms with Gasteiger partial charge in [-0.25, -0.2) is 0 Å². The van der Waals surface area contributed by atoms with Crippen molar-refractivity contribution in [3.8, 4) is 11.4 Å². The number of aromatic amines is 1. The number of aromatic nitrogens is 3. The topological polar surface area (TPSA) is 33.6 Å². The third kappa shape index (κ3) is 4.21. The van der Waals surface area contributed by atoms with E-state index in [1.807, 2.05) is 0 Å². The highest BCUT2D eigenvalue weighted by Gasteiger charge is 2.37. The molecule has 0 amide bonds.